The van der Waals surface area contributed by atoms with Crippen molar-refractivity contribution in [3.8, 4) is 0 Å². The molecule has 3 aromatic rings. The second-order valence-corrected chi connectivity index (χ2v) is 10.1. The molecule has 0 atom stereocenters. The molecule has 2 nitrogen and oxygen atoms in total. The van der Waals surface area contributed by atoms with Crippen LogP contribution in [0.1, 0.15) is 56.2 Å². The Bertz CT molecular complexity index is 1080. The number of aromatic nitrogens is 1. The zero-order valence-corrected chi connectivity index (χ0v) is 19.4. The molecule has 29 heavy (non-hydrogen) atoms. The maximum Gasteiger partial charge on any atom is 0.184 e. The van der Waals surface area contributed by atoms with Crippen molar-refractivity contribution in [1.82, 2.24) is 4.57 Å². The van der Waals surface area contributed by atoms with E-state index in [0.717, 1.165) is 18.4 Å². The van der Waals surface area contributed by atoms with Crippen molar-refractivity contribution in [3.63, 3.8) is 0 Å². The van der Waals surface area contributed by atoms with Crippen LogP contribution >= 0.6 is 28.3 Å². The minimum absolute atomic E-state index is 0. The molecule has 6 rings (SSSR count). The molecule has 152 valence electrons. The van der Waals surface area contributed by atoms with Crippen LogP contribution in [0.15, 0.2) is 52.8 Å². The van der Waals surface area contributed by atoms with Crippen LogP contribution in [-0.2, 0) is 12.0 Å². The van der Waals surface area contributed by atoms with Gasteiger partial charge in [0.2, 0.25) is 0 Å². The Morgan fingerprint density at radius 3 is 2.41 bits per heavy atom. The summed E-state index contributed by atoms with van der Waals surface area (Å²) in [6.45, 7) is 2.21. The van der Waals surface area contributed by atoms with Crippen LogP contribution < -0.4 is 4.80 Å². The van der Waals surface area contributed by atoms with Gasteiger partial charge in [0.05, 0.1) is 0 Å². The van der Waals surface area contributed by atoms with Gasteiger partial charge in [-0.25, -0.2) is 0 Å². The van der Waals surface area contributed by atoms with Crippen molar-refractivity contribution in [2.75, 3.05) is 6.54 Å². The van der Waals surface area contributed by atoms with Crippen LogP contribution in [0.2, 0.25) is 0 Å². The van der Waals surface area contributed by atoms with Crippen LogP contribution in [0.5, 0.6) is 0 Å². The molecule has 1 aromatic heterocycles. The summed E-state index contributed by atoms with van der Waals surface area (Å²) in [5, 5.41) is 5.16. The number of rotatable bonds is 6. The molecule has 2 aromatic carbocycles. The predicted molar refractivity (Wildman–Crippen MR) is 127 cm³/mol. The van der Waals surface area contributed by atoms with E-state index in [9.17, 15) is 0 Å². The molecular formula is C25H29BrN2S. The largest absolute Gasteiger partial charge is 0.320 e. The molecule has 0 N–H and O–H groups in total. The normalized spacial score (nSPS) is 21.0. The molecule has 0 bridgehead atoms. The first kappa shape index (κ1) is 19.6. The lowest BCUT2D eigenvalue weighted by Crippen LogP contribution is -2.39. The Morgan fingerprint density at radius 1 is 0.966 bits per heavy atom. The third kappa shape index (κ3) is 3.63. The Balaban J connectivity index is 0.00000181. The van der Waals surface area contributed by atoms with Gasteiger partial charge in [0, 0.05) is 29.6 Å². The lowest BCUT2D eigenvalue weighted by molar-refractivity contribution is 0.281. The van der Waals surface area contributed by atoms with Gasteiger partial charge < -0.3 is 4.57 Å². The van der Waals surface area contributed by atoms with E-state index >= 15 is 0 Å². The molecule has 1 heterocycles. The summed E-state index contributed by atoms with van der Waals surface area (Å²) in [6, 6.07) is 15.9. The molecule has 0 saturated heterocycles. The molecule has 4 heteroatoms. The number of benzene rings is 2. The molecule has 0 unspecified atom stereocenters. The molecule has 3 aliphatic carbocycles. The van der Waals surface area contributed by atoms with Crippen LogP contribution in [0, 0.1) is 11.8 Å². The van der Waals surface area contributed by atoms with Gasteiger partial charge in [0.15, 0.2) is 4.80 Å². The topological polar surface area (TPSA) is 17.3 Å². The molecule has 0 spiro atoms. The minimum Gasteiger partial charge on any atom is -0.320 e. The molecule has 3 fully saturated rings. The van der Waals surface area contributed by atoms with Gasteiger partial charge in [-0.05, 0) is 66.7 Å². The van der Waals surface area contributed by atoms with Crippen molar-refractivity contribution >= 4 is 39.1 Å². The second-order valence-electron chi connectivity index (χ2n) is 9.24. The van der Waals surface area contributed by atoms with Crippen LogP contribution in [-0.4, -0.2) is 11.1 Å². The van der Waals surface area contributed by atoms with Crippen molar-refractivity contribution in [1.29, 1.82) is 0 Å². The number of halogens is 1. The monoisotopic (exact) mass is 468 g/mol. The Morgan fingerprint density at radius 2 is 1.72 bits per heavy atom. The molecule has 0 aliphatic heterocycles. The minimum atomic E-state index is 0. The maximum atomic E-state index is 5.07. The highest BCUT2D eigenvalue weighted by molar-refractivity contribution is 8.93. The maximum absolute atomic E-state index is 5.07. The summed E-state index contributed by atoms with van der Waals surface area (Å²) in [4.78, 5) is 6.35. The number of hydrogen-bond donors (Lipinski definition) is 0. The van der Waals surface area contributed by atoms with Crippen LogP contribution in [0.3, 0.4) is 0 Å². The quantitative estimate of drug-likeness (QED) is 0.394. The average molecular weight is 469 g/mol. The number of nitrogens with zero attached hydrogens (tertiary/aromatic N) is 2. The van der Waals surface area contributed by atoms with Crippen molar-refractivity contribution in [3.05, 3.63) is 63.9 Å². The van der Waals surface area contributed by atoms with Crippen LogP contribution in [0.25, 0.3) is 10.8 Å². The molecule has 0 radical (unpaired) electrons. The van der Waals surface area contributed by atoms with E-state index in [1.54, 1.807) is 5.69 Å². The van der Waals surface area contributed by atoms with Crippen molar-refractivity contribution < 1.29 is 0 Å². The highest BCUT2D eigenvalue weighted by Gasteiger charge is 2.43. The van der Waals surface area contributed by atoms with E-state index in [0.29, 0.717) is 0 Å². The lowest BCUT2D eigenvalue weighted by atomic mass is 9.62. The van der Waals surface area contributed by atoms with E-state index in [2.05, 4.69) is 52.4 Å². The highest BCUT2D eigenvalue weighted by atomic mass is 79.9. The van der Waals surface area contributed by atoms with E-state index < -0.39 is 0 Å². The van der Waals surface area contributed by atoms with Gasteiger partial charge in [-0.1, -0.05) is 48.9 Å². The summed E-state index contributed by atoms with van der Waals surface area (Å²) in [7, 11) is 0. The third-order valence-electron chi connectivity index (χ3n) is 7.12. The van der Waals surface area contributed by atoms with E-state index in [-0.39, 0.29) is 22.4 Å². The van der Waals surface area contributed by atoms with E-state index in [1.165, 1.54) is 72.6 Å². The number of hydrogen-bond acceptors (Lipinski definition) is 2. The van der Waals surface area contributed by atoms with Gasteiger partial charge in [0.25, 0.3) is 0 Å². The summed E-state index contributed by atoms with van der Waals surface area (Å²) >= 11 is 1.89. The van der Waals surface area contributed by atoms with Gasteiger partial charge in [-0.3, -0.25) is 4.99 Å². The summed E-state index contributed by atoms with van der Waals surface area (Å²) in [6.07, 6.45) is 9.43. The fraction of sp³-hybridized carbons (Fsp3) is 0.480. The van der Waals surface area contributed by atoms with Gasteiger partial charge in [-0.2, -0.15) is 0 Å². The molecule has 3 saturated carbocycles. The smallest absolute Gasteiger partial charge is 0.184 e. The SMILES string of the molecule is Br.c1ccc2cc(C3(c4cs/c(=N\CC5CC5)n4CC4CC4)CCC3)ccc2c1. The second kappa shape index (κ2) is 7.70. The summed E-state index contributed by atoms with van der Waals surface area (Å²) in [5.74, 6) is 1.74. The van der Waals surface area contributed by atoms with Gasteiger partial charge in [0.1, 0.15) is 0 Å². The van der Waals surface area contributed by atoms with Crippen LogP contribution in [0.4, 0.5) is 0 Å². The molecule has 3 aliphatic rings. The zero-order valence-electron chi connectivity index (χ0n) is 16.8. The third-order valence-corrected chi connectivity index (χ3v) is 8.02. The first-order chi connectivity index (χ1) is 13.8. The summed E-state index contributed by atoms with van der Waals surface area (Å²) in [5.41, 5.74) is 3.25. The van der Waals surface area contributed by atoms with Crippen molar-refractivity contribution in [2.24, 2.45) is 16.8 Å². The highest BCUT2D eigenvalue weighted by Crippen LogP contribution is 2.50. The zero-order chi connectivity index (χ0) is 18.6. The Kier molecular flexibility index (Phi) is 5.19. The fourth-order valence-corrected chi connectivity index (χ4v) is 5.80. The standard InChI is InChI=1S/C25H28N2S.BrH/c1-2-5-21-14-22(11-10-20(21)4-1)25(12-3-13-25)23-17-28-24(26-15-18-6-7-18)27(23)16-19-8-9-19;/h1-2,4-5,10-11,14,17-19H,3,6-9,12-13,15-16H2;1H/b26-24-;. The van der Waals surface area contributed by atoms with E-state index in [4.69, 9.17) is 4.99 Å². The lowest BCUT2D eigenvalue weighted by Gasteiger charge is -2.43. The first-order valence-corrected chi connectivity index (χ1v) is 11.9. The molecular weight excluding hydrogens is 440 g/mol. The number of fused-ring (bicyclic) bond motifs is 1. The van der Waals surface area contributed by atoms with Crippen molar-refractivity contribution in [2.45, 2.75) is 56.9 Å². The Hall–Kier alpha value is -1.39. The average Bonchev–Trinajstić information content (AvgIpc) is 3.60. The number of thiazole rings is 1. The predicted octanol–water partition coefficient (Wildman–Crippen LogP) is 6.47. The van der Waals surface area contributed by atoms with Gasteiger partial charge in [-0.15, -0.1) is 28.3 Å². The fourth-order valence-electron chi connectivity index (χ4n) is 4.79. The summed E-state index contributed by atoms with van der Waals surface area (Å²) < 4.78 is 2.62. The van der Waals surface area contributed by atoms with Gasteiger partial charge >= 0.3 is 0 Å². The van der Waals surface area contributed by atoms with E-state index in [1.807, 2.05) is 11.3 Å². The molecule has 0 amide bonds. The Labute approximate surface area is 187 Å². The first-order valence-electron chi connectivity index (χ1n) is 11.0.